The van der Waals surface area contributed by atoms with E-state index in [4.69, 9.17) is 4.74 Å². The first-order valence-electron chi connectivity index (χ1n) is 11.4. The number of sulfonamides is 1. The fourth-order valence-electron chi connectivity index (χ4n) is 3.65. The van der Waals surface area contributed by atoms with E-state index in [1.807, 2.05) is 31.2 Å². The number of aromatic nitrogens is 2. The highest BCUT2D eigenvalue weighted by molar-refractivity contribution is 7.89. The lowest BCUT2D eigenvalue weighted by molar-refractivity contribution is 0.162. The Kier molecular flexibility index (Phi) is 7.52. The van der Waals surface area contributed by atoms with Crippen LogP contribution in [-0.4, -0.2) is 37.6 Å². The average molecular weight is 495 g/mol. The Hall–Kier alpha value is -3.63. The van der Waals surface area contributed by atoms with E-state index < -0.39 is 10.0 Å². The van der Waals surface area contributed by atoms with Crippen molar-refractivity contribution < 1.29 is 13.2 Å². The van der Waals surface area contributed by atoms with Crippen LogP contribution >= 0.6 is 0 Å². The minimum atomic E-state index is -3.69. The first kappa shape index (κ1) is 24.5. The topological polar surface area (TPSA) is 117 Å². The van der Waals surface area contributed by atoms with Crippen LogP contribution in [-0.2, 0) is 10.0 Å². The molecule has 1 aliphatic rings. The smallest absolute Gasteiger partial charge is 0.261 e. The second-order valence-electron chi connectivity index (χ2n) is 8.48. The van der Waals surface area contributed by atoms with Gasteiger partial charge in [-0.05, 0) is 82.2 Å². The molecule has 0 saturated carbocycles. The summed E-state index contributed by atoms with van der Waals surface area (Å²) in [5, 5.41) is 9.72. The van der Waals surface area contributed by atoms with Crippen LogP contribution in [0.25, 0.3) is 0 Å². The van der Waals surface area contributed by atoms with E-state index in [0.717, 1.165) is 42.9 Å². The summed E-state index contributed by atoms with van der Waals surface area (Å²) in [6.07, 6.45) is 3.96. The van der Waals surface area contributed by atoms with Crippen LogP contribution in [0.1, 0.15) is 25.3 Å². The monoisotopic (exact) mass is 494 g/mol. The first-order valence-corrected chi connectivity index (χ1v) is 12.9. The number of rotatable bonds is 9. The SMILES string of the molecule is C=C(C)NS(=O)(=O)c1cccc(Nc2nc(Nc3ccc(OC4CCNCC4)cc3)ncc2C)c1. The Bertz CT molecular complexity index is 1290. The van der Waals surface area contributed by atoms with E-state index in [1.54, 1.807) is 31.3 Å². The van der Waals surface area contributed by atoms with Gasteiger partial charge in [0.1, 0.15) is 17.7 Å². The van der Waals surface area contributed by atoms with Gasteiger partial charge < -0.3 is 20.7 Å². The van der Waals surface area contributed by atoms with Crippen molar-refractivity contribution >= 4 is 33.2 Å². The fraction of sp³-hybridized carbons (Fsp3) is 0.280. The van der Waals surface area contributed by atoms with Crippen LogP contribution in [0.4, 0.5) is 23.1 Å². The summed E-state index contributed by atoms with van der Waals surface area (Å²) in [5.41, 5.74) is 2.57. The van der Waals surface area contributed by atoms with E-state index in [-0.39, 0.29) is 11.0 Å². The van der Waals surface area contributed by atoms with Gasteiger partial charge in [-0.25, -0.2) is 13.4 Å². The first-order chi connectivity index (χ1) is 16.8. The van der Waals surface area contributed by atoms with Gasteiger partial charge in [-0.15, -0.1) is 0 Å². The van der Waals surface area contributed by atoms with Crippen LogP contribution in [0.3, 0.4) is 0 Å². The molecule has 0 spiro atoms. The zero-order chi connectivity index (χ0) is 24.8. The van der Waals surface area contributed by atoms with Gasteiger partial charge in [-0.1, -0.05) is 12.6 Å². The highest BCUT2D eigenvalue weighted by atomic mass is 32.2. The highest BCUT2D eigenvalue weighted by Gasteiger charge is 2.15. The summed E-state index contributed by atoms with van der Waals surface area (Å²) in [6.45, 7) is 9.04. The third-order valence-corrected chi connectivity index (χ3v) is 6.88. The van der Waals surface area contributed by atoms with E-state index in [1.165, 1.54) is 6.07 Å². The Morgan fingerprint density at radius 3 is 2.54 bits per heavy atom. The molecule has 4 N–H and O–H groups in total. The number of piperidine rings is 1. The minimum Gasteiger partial charge on any atom is -0.490 e. The summed E-state index contributed by atoms with van der Waals surface area (Å²) in [7, 11) is -3.69. The molecule has 4 rings (SSSR count). The Balaban J connectivity index is 1.45. The van der Waals surface area contributed by atoms with Crippen molar-refractivity contribution in [2.45, 2.75) is 37.7 Å². The second-order valence-corrected chi connectivity index (χ2v) is 10.2. The molecule has 0 amide bonds. The van der Waals surface area contributed by atoms with Crippen LogP contribution in [0, 0.1) is 6.92 Å². The van der Waals surface area contributed by atoms with Gasteiger partial charge in [0.25, 0.3) is 10.0 Å². The standard InChI is InChI=1S/C25H30N6O3S/c1-17(2)31-35(32,33)23-6-4-5-20(15-23)28-24-18(3)16-27-25(30-24)29-19-7-9-21(10-8-19)34-22-11-13-26-14-12-22/h4-10,15-16,22,26,31H,1,11-14H2,2-3H3,(H2,27,28,29,30). The Morgan fingerprint density at radius 2 is 1.83 bits per heavy atom. The van der Waals surface area contributed by atoms with Gasteiger partial charge in [0, 0.05) is 28.8 Å². The summed E-state index contributed by atoms with van der Waals surface area (Å²) in [5.74, 6) is 1.82. The van der Waals surface area contributed by atoms with Crippen molar-refractivity contribution in [3.63, 3.8) is 0 Å². The second kappa shape index (κ2) is 10.7. The largest absolute Gasteiger partial charge is 0.490 e. The average Bonchev–Trinajstić information content (AvgIpc) is 2.83. The minimum absolute atomic E-state index is 0.127. The predicted octanol–water partition coefficient (Wildman–Crippen LogP) is 4.21. The van der Waals surface area contributed by atoms with Crippen LogP contribution in [0.15, 0.2) is 71.9 Å². The number of anilines is 4. The molecule has 0 radical (unpaired) electrons. The molecular formula is C25H30N6O3S. The maximum absolute atomic E-state index is 12.5. The van der Waals surface area contributed by atoms with E-state index >= 15 is 0 Å². The molecule has 0 unspecified atom stereocenters. The molecule has 184 valence electrons. The number of allylic oxidation sites excluding steroid dienone is 1. The lowest BCUT2D eigenvalue weighted by atomic mass is 10.1. The van der Waals surface area contributed by atoms with Crippen LogP contribution in [0.2, 0.25) is 0 Å². The van der Waals surface area contributed by atoms with Crippen molar-refractivity contribution in [2.24, 2.45) is 0 Å². The number of benzene rings is 2. The van der Waals surface area contributed by atoms with Gasteiger partial charge >= 0.3 is 0 Å². The summed E-state index contributed by atoms with van der Waals surface area (Å²) < 4.78 is 33.4. The maximum Gasteiger partial charge on any atom is 0.261 e. The van der Waals surface area contributed by atoms with E-state index in [0.29, 0.717) is 23.2 Å². The van der Waals surface area contributed by atoms with Gasteiger partial charge in [-0.3, -0.25) is 4.72 Å². The van der Waals surface area contributed by atoms with Crippen molar-refractivity contribution in [1.29, 1.82) is 0 Å². The molecule has 1 aromatic heterocycles. The number of hydrogen-bond donors (Lipinski definition) is 4. The van der Waals surface area contributed by atoms with Crippen LogP contribution in [0.5, 0.6) is 5.75 Å². The number of nitrogens with zero attached hydrogens (tertiary/aromatic N) is 2. The molecular weight excluding hydrogens is 464 g/mol. The van der Waals surface area contributed by atoms with Crippen molar-refractivity contribution in [3.8, 4) is 5.75 Å². The maximum atomic E-state index is 12.5. The van der Waals surface area contributed by atoms with Gasteiger partial charge in [0.2, 0.25) is 5.95 Å². The molecule has 0 atom stereocenters. The van der Waals surface area contributed by atoms with Gasteiger partial charge in [0.15, 0.2) is 0 Å². The number of ether oxygens (including phenoxy) is 1. The molecule has 2 aromatic carbocycles. The predicted molar refractivity (Wildman–Crippen MR) is 138 cm³/mol. The Morgan fingerprint density at radius 1 is 1.09 bits per heavy atom. The van der Waals surface area contributed by atoms with Crippen LogP contribution < -0.4 is 25.4 Å². The van der Waals surface area contributed by atoms with Crippen molar-refractivity contribution in [1.82, 2.24) is 20.0 Å². The number of aryl methyl sites for hydroxylation is 1. The lowest BCUT2D eigenvalue weighted by Crippen LogP contribution is -2.34. The molecule has 9 nitrogen and oxygen atoms in total. The molecule has 35 heavy (non-hydrogen) atoms. The third-order valence-electron chi connectivity index (χ3n) is 5.39. The molecule has 0 bridgehead atoms. The molecule has 1 fully saturated rings. The zero-order valence-corrected chi connectivity index (χ0v) is 20.7. The lowest BCUT2D eigenvalue weighted by Gasteiger charge is -2.23. The third kappa shape index (κ3) is 6.71. The summed E-state index contributed by atoms with van der Waals surface area (Å²) >= 11 is 0. The molecule has 3 aromatic rings. The molecule has 2 heterocycles. The number of hydrogen-bond acceptors (Lipinski definition) is 8. The normalized spacial score (nSPS) is 14.2. The highest BCUT2D eigenvalue weighted by Crippen LogP contribution is 2.24. The summed E-state index contributed by atoms with van der Waals surface area (Å²) in [6, 6.07) is 14.2. The zero-order valence-electron chi connectivity index (χ0n) is 19.8. The molecule has 10 heteroatoms. The van der Waals surface area contributed by atoms with Gasteiger partial charge in [0.05, 0.1) is 4.90 Å². The Labute approximate surface area is 206 Å². The molecule has 1 saturated heterocycles. The number of nitrogens with one attached hydrogen (secondary N) is 4. The molecule has 0 aliphatic carbocycles. The fourth-order valence-corrected chi connectivity index (χ4v) is 4.76. The molecule has 1 aliphatic heterocycles. The van der Waals surface area contributed by atoms with Crippen molar-refractivity contribution in [3.05, 3.63) is 72.6 Å². The van der Waals surface area contributed by atoms with E-state index in [2.05, 4.69) is 37.2 Å². The van der Waals surface area contributed by atoms with Crippen molar-refractivity contribution in [2.75, 3.05) is 23.7 Å². The quantitative estimate of drug-likeness (QED) is 0.349. The summed E-state index contributed by atoms with van der Waals surface area (Å²) in [4.78, 5) is 9.06. The van der Waals surface area contributed by atoms with Gasteiger partial charge in [-0.2, -0.15) is 4.98 Å². The van der Waals surface area contributed by atoms with E-state index in [9.17, 15) is 8.42 Å².